The van der Waals surface area contributed by atoms with E-state index in [0.29, 0.717) is 9.78 Å². The van der Waals surface area contributed by atoms with E-state index < -0.39 is 23.9 Å². The van der Waals surface area contributed by atoms with Crippen molar-refractivity contribution < 1.29 is 27.5 Å². The van der Waals surface area contributed by atoms with Gasteiger partial charge in [0.1, 0.15) is 5.75 Å². The molecule has 9 heteroatoms. The Morgan fingerprint density at radius 3 is 2.44 bits per heavy atom. The number of amides is 2. The molecule has 0 unspecified atom stereocenters. The number of hydrogen-bond acceptors (Lipinski definition) is 5. The van der Waals surface area contributed by atoms with Crippen molar-refractivity contribution in [1.29, 1.82) is 0 Å². The number of benzene rings is 1. The minimum absolute atomic E-state index is 0.0279. The second-order valence-corrected chi connectivity index (χ2v) is 8.37. The van der Waals surface area contributed by atoms with Crippen LogP contribution in [0.15, 0.2) is 46.7 Å². The van der Waals surface area contributed by atoms with Crippen molar-refractivity contribution in [3.8, 4) is 5.75 Å². The van der Waals surface area contributed by atoms with Gasteiger partial charge in [0.25, 0.3) is 11.8 Å². The molecule has 0 radical (unpaired) electrons. The summed E-state index contributed by atoms with van der Waals surface area (Å²) in [5.41, 5.74) is 0.302. The van der Waals surface area contributed by atoms with Crippen LogP contribution in [0, 0.1) is 0 Å². The number of halogens is 3. The molecular weight excluding hydrogens is 399 g/mol. The van der Waals surface area contributed by atoms with Crippen molar-refractivity contribution in [2.75, 3.05) is 4.90 Å². The van der Waals surface area contributed by atoms with Crippen LogP contribution in [-0.4, -0.2) is 23.4 Å². The van der Waals surface area contributed by atoms with Crippen molar-refractivity contribution in [2.45, 2.75) is 25.5 Å². The van der Waals surface area contributed by atoms with Gasteiger partial charge in [-0.25, -0.2) is 4.90 Å². The molecule has 0 bridgehead atoms. The zero-order valence-corrected chi connectivity index (χ0v) is 15.9. The molecule has 0 spiro atoms. The molecule has 0 atom stereocenters. The molecular formula is C18H14F3NO3S2. The van der Waals surface area contributed by atoms with Gasteiger partial charge in [0, 0.05) is 16.2 Å². The van der Waals surface area contributed by atoms with Crippen molar-refractivity contribution in [1.82, 2.24) is 0 Å². The Balaban J connectivity index is 2.01. The molecule has 0 saturated heterocycles. The maximum Gasteiger partial charge on any atom is 0.573 e. The number of alkyl halides is 3. The SMILES string of the molecule is CC(C)SC1=C(c2cccs2)C(=O)N(c2cccc(OC(F)(F)F)c2)C1=O. The van der Waals surface area contributed by atoms with E-state index >= 15 is 0 Å². The fraction of sp³-hybridized carbons (Fsp3) is 0.222. The van der Waals surface area contributed by atoms with E-state index in [2.05, 4.69) is 4.74 Å². The lowest BCUT2D eigenvalue weighted by Gasteiger charge is -2.17. The molecule has 1 aliphatic rings. The van der Waals surface area contributed by atoms with Crippen LogP contribution in [0.3, 0.4) is 0 Å². The molecule has 2 amide bonds. The monoisotopic (exact) mass is 413 g/mol. The number of rotatable bonds is 5. The van der Waals surface area contributed by atoms with E-state index in [9.17, 15) is 22.8 Å². The topological polar surface area (TPSA) is 46.6 Å². The summed E-state index contributed by atoms with van der Waals surface area (Å²) >= 11 is 2.58. The van der Waals surface area contributed by atoms with Gasteiger partial charge in [-0.3, -0.25) is 9.59 Å². The lowest BCUT2D eigenvalue weighted by atomic mass is 10.2. The quantitative estimate of drug-likeness (QED) is 0.642. The summed E-state index contributed by atoms with van der Waals surface area (Å²) in [6.45, 7) is 3.78. The first-order valence-corrected chi connectivity index (χ1v) is 9.62. The van der Waals surface area contributed by atoms with E-state index in [1.807, 2.05) is 13.8 Å². The number of thioether (sulfide) groups is 1. The van der Waals surface area contributed by atoms with Crippen LogP contribution >= 0.6 is 23.1 Å². The molecule has 0 aliphatic carbocycles. The molecule has 27 heavy (non-hydrogen) atoms. The molecule has 0 N–H and O–H groups in total. The second kappa shape index (κ2) is 7.40. The zero-order valence-electron chi connectivity index (χ0n) is 14.2. The van der Waals surface area contributed by atoms with Crippen LogP contribution in [0.1, 0.15) is 18.7 Å². The van der Waals surface area contributed by atoms with Crippen LogP contribution in [0.4, 0.5) is 18.9 Å². The van der Waals surface area contributed by atoms with Crippen molar-refractivity contribution in [2.24, 2.45) is 0 Å². The zero-order chi connectivity index (χ0) is 19.8. The standard InChI is InChI=1S/C18H14F3NO3S2/c1-10(2)27-15-14(13-7-4-8-26-13)16(23)22(17(15)24)11-5-3-6-12(9-11)25-18(19,20)21/h3-10H,1-2H3. The Kier molecular flexibility index (Phi) is 5.34. The van der Waals surface area contributed by atoms with Crippen LogP contribution in [0.5, 0.6) is 5.75 Å². The predicted molar refractivity (Wildman–Crippen MR) is 99.6 cm³/mol. The van der Waals surface area contributed by atoms with Gasteiger partial charge in [0.05, 0.1) is 16.2 Å². The Hall–Kier alpha value is -2.26. The van der Waals surface area contributed by atoms with E-state index in [1.54, 1.807) is 17.5 Å². The summed E-state index contributed by atoms with van der Waals surface area (Å²) in [4.78, 5) is 27.7. The maximum atomic E-state index is 13.0. The first-order valence-electron chi connectivity index (χ1n) is 7.87. The van der Waals surface area contributed by atoms with Crippen LogP contribution in [0.25, 0.3) is 5.57 Å². The number of nitrogens with zero attached hydrogens (tertiary/aromatic N) is 1. The molecule has 3 rings (SSSR count). The third-order valence-corrected chi connectivity index (χ3v) is 5.45. The Bertz CT molecular complexity index is 905. The first-order chi connectivity index (χ1) is 12.7. The smallest absolute Gasteiger partial charge is 0.406 e. The molecule has 1 aromatic carbocycles. The highest BCUT2D eigenvalue weighted by atomic mass is 32.2. The van der Waals surface area contributed by atoms with Crippen molar-refractivity contribution in [3.63, 3.8) is 0 Å². The predicted octanol–water partition coefficient (Wildman–Crippen LogP) is 5.07. The highest BCUT2D eigenvalue weighted by Gasteiger charge is 2.41. The average molecular weight is 413 g/mol. The van der Waals surface area contributed by atoms with Gasteiger partial charge in [0.15, 0.2) is 0 Å². The van der Waals surface area contributed by atoms with E-state index in [4.69, 9.17) is 0 Å². The third kappa shape index (κ3) is 4.19. The molecule has 4 nitrogen and oxygen atoms in total. The van der Waals surface area contributed by atoms with Crippen LogP contribution in [-0.2, 0) is 9.59 Å². The average Bonchev–Trinajstić information content (AvgIpc) is 3.13. The third-order valence-electron chi connectivity index (χ3n) is 3.47. The summed E-state index contributed by atoms with van der Waals surface area (Å²) in [7, 11) is 0. The van der Waals surface area contributed by atoms with Gasteiger partial charge >= 0.3 is 6.36 Å². The number of carbonyl (C=O) groups excluding carboxylic acids is 2. The number of carbonyl (C=O) groups is 2. The summed E-state index contributed by atoms with van der Waals surface area (Å²) < 4.78 is 41.3. The number of imide groups is 1. The number of thiophene rings is 1. The summed E-state index contributed by atoms with van der Waals surface area (Å²) in [5, 5.41) is 1.84. The normalized spacial score (nSPS) is 15.3. The lowest BCUT2D eigenvalue weighted by Crippen LogP contribution is -2.31. The van der Waals surface area contributed by atoms with Crippen molar-refractivity contribution in [3.05, 3.63) is 51.6 Å². The highest BCUT2D eigenvalue weighted by molar-refractivity contribution is 8.04. The Morgan fingerprint density at radius 2 is 1.85 bits per heavy atom. The fourth-order valence-electron chi connectivity index (χ4n) is 2.55. The number of ether oxygens (including phenoxy) is 1. The van der Waals surface area contributed by atoms with Gasteiger partial charge in [-0.05, 0) is 23.6 Å². The fourth-order valence-corrected chi connectivity index (χ4v) is 4.36. The Labute approximate surface area is 161 Å². The molecule has 1 aromatic heterocycles. The summed E-state index contributed by atoms with van der Waals surface area (Å²) in [6, 6.07) is 8.34. The maximum absolute atomic E-state index is 13.0. The van der Waals surface area contributed by atoms with Gasteiger partial charge in [-0.2, -0.15) is 0 Å². The highest BCUT2D eigenvalue weighted by Crippen LogP contribution is 2.41. The van der Waals surface area contributed by atoms with E-state index in [0.717, 1.165) is 17.0 Å². The summed E-state index contributed by atoms with van der Waals surface area (Å²) in [5.74, 6) is -1.61. The second-order valence-electron chi connectivity index (χ2n) is 5.84. The van der Waals surface area contributed by atoms with Crippen LogP contribution in [0.2, 0.25) is 0 Å². The minimum Gasteiger partial charge on any atom is -0.406 e. The lowest BCUT2D eigenvalue weighted by molar-refractivity contribution is -0.274. The minimum atomic E-state index is -4.86. The molecule has 0 fully saturated rings. The summed E-state index contributed by atoms with van der Waals surface area (Å²) in [6.07, 6.45) is -4.86. The Morgan fingerprint density at radius 1 is 1.11 bits per heavy atom. The molecule has 1 aliphatic heterocycles. The molecule has 2 aromatic rings. The van der Waals surface area contributed by atoms with Gasteiger partial charge in [-0.1, -0.05) is 26.0 Å². The van der Waals surface area contributed by atoms with Gasteiger partial charge in [0.2, 0.25) is 0 Å². The molecule has 0 saturated carbocycles. The van der Waals surface area contributed by atoms with Crippen LogP contribution < -0.4 is 9.64 Å². The van der Waals surface area contributed by atoms with Gasteiger partial charge in [-0.15, -0.1) is 36.3 Å². The van der Waals surface area contributed by atoms with E-state index in [-0.39, 0.29) is 16.5 Å². The molecule has 142 valence electrons. The largest absolute Gasteiger partial charge is 0.573 e. The number of hydrogen-bond donors (Lipinski definition) is 0. The van der Waals surface area contributed by atoms with Gasteiger partial charge < -0.3 is 4.74 Å². The first kappa shape index (κ1) is 19.5. The number of anilines is 1. The van der Waals surface area contributed by atoms with E-state index in [1.165, 1.54) is 35.2 Å². The molecule has 2 heterocycles. The van der Waals surface area contributed by atoms with Crippen molar-refractivity contribution >= 4 is 46.2 Å².